The summed E-state index contributed by atoms with van der Waals surface area (Å²) in [5, 5.41) is 3.30. The highest BCUT2D eigenvalue weighted by atomic mass is 15.4. The topological polar surface area (TPSA) is 36.1 Å². The van der Waals surface area contributed by atoms with Gasteiger partial charge in [0.15, 0.2) is 0 Å². The first kappa shape index (κ1) is 11.4. The minimum atomic E-state index is 0.922. The molecule has 2 aromatic carbocycles. The lowest BCUT2D eigenvalue weighted by Crippen LogP contribution is -2.34. The summed E-state index contributed by atoms with van der Waals surface area (Å²) >= 11 is 0. The number of hydrogen-bond donors (Lipinski definition) is 3. The first-order valence-corrected chi connectivity index (χ1v) is 6.23. The van der Waals surface area contributed by atoms with Crippen LogP contribution in [-0.2, 0) is 0 Å². The fraction of sp³-hybridized carbons (Fsp3) is 0. The van der Waals surface area contributed by atoms with Crippen LogP contribution in [-0.4, -0.2) is 0 Å². The summed E-state index contributed by atoms with van der Waals surface area (Å²) in [6, 6.07) is 20.3. The Hall–Kier alpha value is -2.68. The highest BCUT2D eigenvalue weighted by molar-refractivity contribution is 5.67. The van der Waals surface area contributed by atoms with Gasteiger partial charge < -0.3 is 5.32 Å². The maximum absolute atomic E-state index is 3.30. The molecule has 0 aliphatic carbocycles. The van der Waals surface area contributed by atoms with E-state index in [1.54, 1.807) is 0 Å². The predicted molar refractivity (Wildman–Crippen MR) is 78.8 cm³/mol. The molecule has 19 heavy (non-hydrogen) atoms. The summed E-state index contributed by atoms with van der Waals surface area (Å²) in [6.07, 6.45) is 4.07. The third-order valence-corrected chi connectivity index (χ3v) is 2.89. The Morgan fingerprint density at radius 3 is 2.00 bits per heavy atom. The van der Waals surface area contributed by atoms with Gasteiger partial charge in [-0.15, -0.1) is 0 Å². The van der Waals surface area contributed by atoms with Crippen molar-refractivity contribution in [2.45, 2.75) is 0 Å². The second-order valence-corrected chi connectivity index (χ2v) is 4.27. The molecule has 0 amide bonds. The van der Waals surface area contributed by atoms with Gasteiger partial charge in [-0.05, 0) is 29.8 Å². The van der Waals surface area contributed by atoms with Crippen molar-refractivity contribution < 1.29 is 0 Å². The lowest BCUT2D eigenvalue weighted by atomic mass is 10.1. The van der Waals surface area contributed by atoms with E-state index in [0.717, 1.165) is 22.8 Å². The standard InChI is InChI=1S/C16H15N3/c1-3-7-13(8-4-1)15-11-12-16(19-18-15)17-14-9-5-2-6-10-14/h1-12,17-19H. The Labute approximate surface area is 112 Å². The number of rotatable bonds is 3. The van der Waals surface area contributed by atoms with E-state index >= 15 is 0 Å². The molecule has 3 N–H and O–H groups in total. The number of para-hydroxylation sites is 1. The van der Waals surface area contributed by atoms with E-state index in [4.69, 9.17) is 0 Å². The molecule has 1 heterocycles. The molecular weight excluding hydrogens is 234 g/mol. The Kier molecular flexibility index (Phi) is 3.19. The third kappa shape index (κ3) is 2.77. The van der Waals surface area contributed by atoms with Gasteiger partial charge in [-0.1, -0.05) is 48.5 Å². The highest BCUT2D eigenvalue weighted by Crippen LogP contribution is 2.14. The van der Waals surface area contributed by atoms with E-state index in [-0.39, 0.29) is 0 Å². The Morgan fingerprint density at radius 2 is 1.37 bits per heavy atom. The van der Waals surface area contributed by atoms with Crippen LogP contribution in [0.4, 0.5) is 5.69 Å². The van der Waals surface area contributed by atoms with Crippen LogP contribution in [0.3, 0.4) is 0 Å². The summed E-state index contributed by atoms with van der Waals surface area (Å²) in [5.74, 6) is 0.922. The van der Waals surface area contributed by atoms with Gasteiger partial charge in [0.05, 0.1) is 5.70 Å². The lowest BCUT2D eigenvalue weighted by molar-refractivity contribution is 0.741. The lowest BCUT2D eigenvalue weighted by Gasteiger charge is -2.20. The summed E-state index contributed by atoms with van der Waals surface area (Å²) in [5.41, 5.74) is 9.60. The minimum absolute atomic E-state index is 0.922. The largest absolute Gasteiger partial charge is 0.341 e. The van der Waals surface area contributed by atoms with Gasteiger partial charge in [0.1, 0.15) is 5.82 Å². The fourth-order valence-corrected chi connectivity index (χ4v) is 1.92. The van der Waals surface area contributed by atoms with E-state index in [1.165, 1.54) is 0 Å². The first-order chi connectivity index (χ1) is 9.42. The van der Waals surface area contributed by atoms with Crippen LogP contribution in [0.1, 0.15) is 5.56 Å². The summed E-state index contributed by atoms with van der Waals surface area (Å²) in [6.45, 7) is 0. The van der Waals surface area contributed by atoms with Gasteiger partial charge in [0.25, 0.3) is 0 Å². The fourth-order valence-electron chi connectivity index (χ4n) is 1.92. The minimum Gasteiger partial charge on any atom is -0.341 e. The zero-order valence-corrected chi connectivity index (χ0v) is 10.4. The van der Waals surface area contributed by atoms with Crippen LogP contribution >= 0.6 is 0 Å². The van der Waals surface area contributed by atoms with Gasteiger partial charge in [-0.25, -0.2) is 0 Å². The smallest absolute Gasteiger partial charge is 0.122 e. The maximum atomic E-state index is 3.30. The van der Waals surface area contributed by atoms with Crippen molar-refractivity contribution in [1.82, 2.24) is 10.9 Å². The van der Waals surface area contributed by atoms with Crippen LogP contribution in [0.5, 0.6) is 0 Å². The van der Waals surface area contributed by atoms with Crippen LogP contribution < -0.4 is 16.2 Å². The molecule has 0 spiro atoms. The number of anilines is 1. The molecule has 0 unspecified atom stereocenters. The van der Waals surface area contributed by atoms with Gasteiger partial charge in [-0.3, -0.25) is 10.9 Å². The molecule has 3 rings (SSSR count). The molecular formula is C16H15N3. The molecule has 0 radical (unpaired) electrons. The second-order valence-electron chi connectivity index (χ2n) is 4.27. The summed E-state index contributed by atoms with van der Waals surface area (Å²) < 4.78 is 0. The van der Waals surface area contributed by atoms with E-state index in [1.807, 2.05) is 54.6 Å². The molecule has 3 heteroatoms. The van der Waals surface area contributed by atoms with Gasteiger partial charge >= 0.3 is 0 Å². The number of hydrogen-bond acceptors (Lipinski definition) is 3. The molecule has 0 atom stereocenters. The van der Waals surface area contributed by atoms with Gasteiger partial charge in [0.2, 0.25) is 0 Å². The van der Waals surface area contributed by atoms with Crippen molar-refractivity contribution in [1.29, 1.82) is 0 Å². The molecule has 0 aromatic heterocycles. The normalized spacial score (nSPS) is 13.7. The van der Waals surface area contributed by atoms with Crippen molar-refractivity contribution in [3.63, 3.8) is 0 Å². The molecule has 1 aliphatic heterocycles. The molecule has 0 saturated carbocycles. The third-order valence-electron chi connectivity index (χ3n) is 2.89. The average molecular weight is 249 g/mol. The van der Waals surface area contributed by atoms with Crippen molar-refractivity contribution >= 4 is 11.4 Å². The van der Waals surface area contributed by atoms with Crippen LogP contribution in [0.2, 0.25) is 0 Å². The molecule has 1 aliphatic rings. The zero-order valence-electron chi connectivity index (χ0n) is 10.4. The second kappa shape index (κ2) is 5.31. The molecule has 0 saturated heterocycles. The molecule has 94 valence electrons. The van der Waals surface area contributed by atoms with Crippen molar-refractivity contribution in [3.05, 3.63) is 84.2 Å². The SMILES string of the molecule is C1=C(Nc2ccccc2)NNC(c2ccccc2)=C1. The van der Waals surface area contributed by atoms with E-state index in [9.17, 15) is 0 Å². The average Bonchev–Trinajstić information content (AvgIpc) is 2.50. The maximum Gasteiger partial charge on any atom is 0.122 e. The Morgan fingerprint density at radius 1 is 0.684 bits per heavy atom. The molecule has 2 aromatic rings. The van der Waals surface area contributed by atoms with Crippen molar-refractivity contribution in [2.24, 2.45) is 0 Å². The Bertz CT molecular complexity index is 600. The highest BCUT2D eigenvalue weighted by Gasteiger charge is 2.05. The molecule has 3 nitrogen and oxygen atoms in total. The van der Waals surface area contributed by atoms with E-state index in [2.05, 4.69) is 34.4 Å². The van der Waals surface area contributed by atoms with Crippen LogP contribution in [0.25, 0.3) is 5.70 Å². The monoisotopic (exact) mass is 249 g/mol. The number of nitrogens with one attached hydrogen (secondary N) is 3. The van der Waals surface area contributed by atoms with Crippen molar-refractivity contribution in [2.75, 3.05) is 5.32 Å². The molecule has 0 bridgehead atoms. The first-order valence-electron chi connectivity index (χ1n) is 6.23. The summed E-state index contributed by atoms with van der Waals surface area (Å²) in [7, 11) is 0. The number of hydrazine groups is 1. The van der Waals surface area contributed by atoms with Crippen LogP contribution in [0, 0.1) is 0 Å². The molecule has 0 fully saturated rings. The van der Waals surface area contributed by atoms with Gasteiger partial charge in [-0.2, -0.15) is 0 Å². The van der Waals surface area contributed by atoms with Crippen molar-refractivity contribution in [3.8, 4) is 0 Å². The number of benzene rings is 2. The van der Waals surface area contributed by atoms with E-state index in [0.29, 0.717) is 0 Å². The quantitative estimate of drug-likeness (QED) is 0.782. The van der Waals surface area contributed by atoms with Crippen LogP contribution in [0.15, 0.2) is 78.6 Å². The predicted octanol–water partition coefficient (Wildman–Crippen LogP) is 3.09. The van der Waals surface area contributed by atoms with E-state index < -0.39 is 0 Å². The number of allylic oxidation sites excluding steroid dienone is 2. The summed E-state index contributed by atoms with van der Waals surface area (Å²) in [4.78, 5) is 0. The zero-order chi connectivity index (χ0) is 12.9. The Balaban J connectivity index is 1.74. The van der Waals surface area contributed by atoms with Gasteiger partial charge in [0, 0.05) is 5.69 Å².